The van der Waals surface area contributed by atoms with Crippen LogP contribution < -0.4 is 11.2 Å². The average molecular weight is 289 g/mol. The largest absolute Gasteiger partial charge is 0.459 e. The number of carbonyl (C=O) groups excluding carboxylic acids is 2. The molecule has 0 aliphatic heterocycles. The summed E-state index contributed by atoms with van der Waals surface area (Å²) < 4.78 is 5.53. The average Bonchev–Trinajstić information content (AvgIpc) is 2.71. The monoisotopic (exact) mass is 289 g/mol. The van der Waals surface area contributed by atoms with Gasteiger partial charge in [-0.3, -0.25) is 0 Å². The van der Waals surface area contributed by atoms with Gasteiger partial charge in [0.2, 0.25) is 0 Å². The van der Waals surface area contributed by atoms with Gasteiger partial charge in [-0.05, 0) is 44.2 Å². The first-order chi connectivity index (χ1) is 10.1. The van der Waals surface area contributed by atoms with Crippen LogP contribution >= 0.6 is 0 Å². The second-order valence-corrected chi connectivity index (χ2v) is 4.98. The Hall–Kier alpha value is -2.37. The maximum Gasteiger partial charge on any atom is 0.338 e. The number of hydrazone groups is 1. The number of carbonyl (C=O) groups is 2. The van der Waals surface area contributed by atoms with Crippen LogP contribution in [0.1, 0.15) is 42.5 Å². The molecule has 1 atom stereocenters. The van der Waals surface area contributed by atoms with Crippen LogP contribution in [0.15, 0.2) is 35.4 Å². The zero-order valence-electron chi connectivity index (χ0n) is 11.7. The van der Waals surface area contributed by atoms with E-state index in [1.165, 1.54) is 0 Å². The molecule has 1 aliphatic rings. The summed E-state index contributed by atoms with van der Waals surface area (Å²) >= 11 is 0. The lowest BCUT2D eigenvalue weighted by Crippen LogP contribution is -2.25. The van der Waals surface area contributed by atoms with Crippen molar-refractivity contribution in [3.63, 3.8) is 0 Å². The Morgan fingerprint density at radius 2 is 1.95 bits per heavy atom. The number of benzene rings is 1. The van der Waals surface area contributed by atoms with E-state index in [0.717, 1.165) is 25.0 Å². The van der Waals surface area contributed by atoms with Gasteiger partial charge in [0.25, 0.3) is 0 Å². The molecule has 1 fully saturated rings. The molecule has 6 heteroatoms. The van der Waals surface area contributed by atoms with E-state index in [9.17, 15) is 9.59 Å². The number of hydrogen-bond donors (Lipinski definition) is 2. The summed E-state index contributed by atoms with van der Waals surface area (Å²) in [6.45, 7) is 0. The SMILES string of the molecule is NC(=O)NN=C1CCCC(OC(=O)c2ccccc2)CC1. The number of amides is 2. The standard InChI is InChI=1S/C15H19N3O3/c16-15(20)18-17-12-7-4-8-13(10-9-12)21-14(19)11-5-2-1-3-6-11/h1-3,5-6,13H,4,7-10H2,(H3,16,18,20). The topological polar surface area (TPSA) is 93.8 Å². The van der Waals surface area contributed by atoms with Gasteiger partial charge in [0.05, 0.1) is 5.56 Å². The molecule has 0 spiro atoms. The highest BCUT2D eigenvalue weighted by Gasteiger charge is 2.20. The highest BCUT2D eigenvalue weighted by Crippen LogP contribution is 2.20. The first-order valence-electron chi connectivity index (χ1n) is 7.02. The van der Waals surface area contributed by atoms with Crippen molar-refractivity contribution in [2.75, 3.05) is 0 Å². The van der Waals surface area contributed by atoms with Crippen molar-refractivity contribution in [1.82, 2.24) is 5.43 Å². The third-order valence-corrected chi connectivity index (χ3v) is 3.35. The van der Waals surface area contributed by atoms with Crippen LogP contribution in [-0.2, 0) is 4.74 Å². The van der Waals surface area contributed by atoms with Gasteiger partial charge in [-0.25, -0.2) is 15.0 Å². The smallest absolute Gasteiger partial charge is 0.338 e. The molecule has 1 aliphatic carbocycles. The second kappa shape index (κ2) is 7.42. The van der Waals surface area contributed by atoms with Crippen LogP contribution in [0.4, 0.5) is 4.79 Å². The highest BCUT2D eigenvalue weighted by atomic mass is 16.5. The molecule has 0 saturated heterocycles. The summed E-state index contributed by atoms with van der Waals surface area (Å²) in [5, 5.41) is 3.97. The predicted octanol–water partition coefficient (Wildman–Crippen LogP) is 2.20. The van der Waals surface area contributed by atoms with Crippen molar-refractivity contribution in [3.8, 4) is 0 Å². The quantitative estimate of drug-likeness (QED) is 0.507. The summed E-state index contributed by atoms with van der Waals surface area (Å²) in [5.74, 6) is -0.295. The summed E-state index contributed by atoms with van der Waals surface area (Å²) in [5.41, 5.74) is 8.67. The maximum absolute atomic E-state index is 12.0. The van der Waals surface area contributed by atoms with E-state index in [4.69, 9.17) is 10.5 Å². The van der Waals surface area contributed by atoms with Gasteiger partial charge in [-0.15, -0.1) is 0 Å². The zero-order valence-corrected chi connectivity index (χ0v) is 11.7. The van der Waals surface area contributed by atoms with Crippen molar-refractivity contribution < 1.29 is 14.3 Å². The van der Waals surface area contributed by atoms with Gasteiger partial charge >= 0.3 is 12.0 Å². The number of nitrogens with zero attached hydrogens (tertiary/aromatic N) is 1. The molecular weight excluding hydrogens is 270 g/mol. The predicted molar refractivity (Wildman–Crippen MR) is 78.9 cm³/mol. The van der Waals surface area contributed by atoms with Crippen molar-refractivity contribution in [2.24, 2.45) is 10.8 Å². The molecule has 1 unspecified atom stereocenters. The lowest BCUT2D eigenvalue weighted by atomic mass is 10.1. The minimum atomic E-state index is -0.668. The minimum Gasteiger partial charge on any atom is -0.459 e. The molecule has 3 N–H and O–H groups in total. The molecule has 0 radical (unpaired) electrons. The number of nitrogens with one attached hydrogen (secondary N) is 1. The van der Waals surface area contributed by atoms with Crippen LogP contribution in [0.2, 0.25) is 0 Å². The van der Waals surface area contributed by atoms with Crippen molar-refractivity contribution in [1.29, 1.82) is 0 Å². The van der Waals surface area contributed by atoms with Gasteiger partial charge in [-0.1, -0.05) is 18.2 Å². The molecule has 2 rings (SSSR count). The number of esters is 1. The lowest BCUT2D eigenvalue weighted by Gasteiger charge is -2.15. The van der Waals surface area contributed by atoms with E-state index in [0.29, 0.717) is 18.4 Å². The van der Waals surface area contributed by atoms with Crippen molar-refractivity contribution in [2.45, 2.75) is 38.2 Å². The number of hydrogen-bond acceptors (Lipinski definition) is 4. The Bertz CT molecular complexity index is 528. The van der Waals surface area contributed by atoms with Crippen LogP contribution in [0.25, 0.3) is 0 Å². The van der Waals surface area contributed by atoms with E-state index >= 15 is 0 Å². The third-order valence-electron chi connectivity index (χ3n) is 3.35. The Morgan fingerprint density at radius 1 is 1.19 bits per heavy atom. The third kappa shape index (κ3) is 4.91. The van der Waals surface area contributed by atoms with E-state index in [-0.39, 0.29) is 12.1 Å². The number of urea groups is 1. The Morgan fingerprint density at radius 3 is 2.67 bits per heavy atom. The summed E-state index contributed by atoms with van der Waals surface area (Å²) in [6, 6.07) is 8.29. The number of ether oxygens (including phenoxy) is 1. The number of primary amides is 1. The molecule has 0 heterocycles. The Balaban J connectivity index is 1.87. The Kier molecular flexibility index (Phi) is 5.31. The fourth-order valence-corrected chi connectivity index (χ4v) is 2.29. The summed E-state index contributed by atoms with van der Waals surface area (Å²) in [4.78, 5) is 22.6. The molecule has 0 bridgehead atoms. The molecule has 1 aromatic rings. The van der Waals surface area contributed by atoms with E-state index in [1.807, 2.05) is 18.2 Å². The fourth-order valence-electron chi connectivity index (χ4n) is 2.29. The van der Waals surface area contributed by atoms with Crippen molar-refractivity contribution in [3.05, 3.63) is 35.9 Å². The lowest BCUT2D eigenvalue weighted by molar-refractivity contribution is 0.0270. The zero-order chi connectivity index (χ0) is 15.1. The molecule has 0 aromatic heterocycles. The van der Waals surface area contributed by atoms with Gasteiger partial charge in [0.1, 0.15) is 6.10 Å². The molecule has 1 saturated carbocycles. The normalized spacial score (nSPS) is 20.6. The summed E-state index contributed by atoms with van der Waals surface area (Å²) in [6.07, 6.45) is 3.73. The summed E-state index contributed by atoms with van der Waals surface area (Å²) in [7, 11) is 0. The van der Waals surface area contributed by atoms with Gasteiger partial charge < -0.3 is 10.5 Å². The first-order valence-corrected chi connectivity index (χ1v) is 7.02. The first kappa shape index (κ1) is 15.0. The number of nitrogens with two attached hydrogens (primary N) is 1. The molecule has 2 amide bonds. The van der Waals surface area contributed by atoms with Gasteiger partial charge in [0, 0.05) is 5.71 Å². The molecule has 1 aromatic carbocycles. The highest BCUT2D eigenvalue weighted by molar-refractivity contribution is 5.89. The van der Waals surface area contributed by atoms with E-state index < -0.39 is 6.03 Å². The van der Waals surface area contributed by atoms with Crippen LogP contribution in [0, 0.1) is 0 Å². The van der Waals surface area contributed by atoms with Crippen LogP contribution in [0.5, 0.6) is 0 Å². The van der Waals surface area contributed by atoms with Crippen LogP contribution in [-0.4, -0.2) is 23.8 Å². The van der Waals surface area contributed by atoms with Gasteiger partial charge in [0.15, 0.2) is 0 Å². The minimum absolute atomic E-state index is 0.112. The Labute approximate surface area is 123 Å². The maximum atomic E-state index is 12.0. The van der Waals surface area contributed by atoms with E-state index in [1.54, 1.807) is 12.1 Å². The number of rotatable bonds is 3. The molecule has 21 heavy (non-hydrogen) atoms. The van der Waals surface area contributed by atoms with E-state index in [2.05, 4.69) is 10.5 Å². The molecular formula is C15H19N3O3. The fraction of sp³-hybridized carbons (Fsp3) is 0.400. The molecule has 112 valence electrons. The second-order valence-electron chi connectivity index (χ2n) is 4.98. The molecule has 6 nitrogen and oxygen atoms in total. The van der Waals surface area contributed by atoms with Crippen molar-refractivity contribution >= 4 is 17.7 Å². The van der Waals surface area contributed by atoms with Crippen LogP contribution in [0.3, 0.4) is 0 Å². The van der Waals surface area contributed by atoms with Gasteiger partial charge in [-0.2, -0.15) is 5.10 Å².